The van der Waals surface area contributed by atoms with Crippen LogP contribution < -0.4 is 5.32 Å². The predicted octanol–water partition coefficient (Wildman–Crippen LogP) is 3.67. The van der Waals surface area contributed by atoms with E-state index in [-0.39, 0.29) is 0 Å². The fourth-order valence-electron chi connectivity index (χ4n) is 3.96. The van der Waals surface area contributed by atoms with E-state index in [1.165, 1.54) is 64.6 Å². The molecule has 1 aliphatic carbocycles. The van der Waals surface area contributed by atoms with Gasteiger partial charge >= 0.3 is 0 Å². The molecule has 1 saturated carbocycles. The third kappa shape index (κ3) is 4.75. The van der Waals surface area contributed by atoms with Crippen molar-refractivity contribution in [2.75, 3.05) is 19.6 Å². The minimum Gasteiger partial charge on any atom is -0.316 e. The Morgan fingerprint density at radius 3 is 2.58 bits per heavy atom. The smallest absolute Gasteiger partial charge is 0.00981 e. The second-order valence-electron chi connectivity index (χ2n) is 7.27. The highest BCUT2D eigenvalue weighted by atomic mass is 15.2. The Kier molecular flexibility index (Phi) is 6.15. The lowest BCUT2D eigenvalue weighted by molar-refractivity contribution is 0.107. The summed E-state index contributed by atoms with van der Waals surface area (Å²) in [5.74, 6) is 1.84. The van der Waals surface area contributed by atoms with Crippen molar-refractivity contribution < 1.29 is 0 Å². The van der Waals surface area contributed by atoms with Crippen LogP contribution in [-0.4, -0.2) is 36.6 Å². The van der Waals surface area contributed by atoms with E-state index in [1.54, 1.807) is 0 Å². The van der Waals surface area contributed by atoms with E-state index in [1.807, 2.05) is 0 Å². The van der Waals surface area contributed by atoms with Gasteiger partial charge in [-0.3, -0.25) is 4.90 Å². The van der Waals surface area contributed by atoms with Crippen molar-refractivity contribution in [2.45, 2.75) is 77.8 Å². The van der Waals surface area contributed by atoms with Gasteiger partial charge in [-0.1, -0.05) is 19.8 Å². The molecule has 1 heterocycles. The third-order valence-corrected chi connectivity index (χ3v) is 5.23. The van der Waals surface area contributed by atoms with Crippen molar-refractivity contribution in [2.24, 2.45) is 11.8 Å². The molecular formula is C17H34N2. The van der Waals surface area contributed by atoms with E-state index < -0.39 is 0 Å². The largest absolute Gasteiger partial charge is 0.316 e. The van der Waals surface area contributed by atoms with Crippen LogP contribution in [0.1, 0.15) is 65.7 Å². The van der Waals surface area contributed by atoms with Gasteiger partial charge in [0.1, 0.15) is 0 Å². The molecule has 2 nitrogen and oxygen atoms in total. The van der Waals surface area contributed by atoms with E-state index in [2.05, 4.69) is 31.0 Å². The summed E-state index contributed by atoms with van der Waals surface area (Å²) in [6.45, 7) is 11.0. The number of nitrogens with zero attached hydrogens (tertiary/aromatic N) is 1. The monoisotopic (exact) mass is 266 g/mol. The van der Waals surface area contributed by atoms with Crippen LogP contribution in [0, 0.1) is 11.8 Å². The van der Waals surface area contributed by atoms with Crippen molar-refractivity contribution in [1.82, 2.24) is 10.2 Å². The Morgan fingerprint density at radius 1 is 1.05 bits per heavy atom. The third-order valence-electron chi connectivity index (χ3n) is 5.23. The first-order valence-corrected chi connectivity index (χ1v) is 8.63. The molecule has 0 aromatic rings. The zero-order valence-corrected chi connectivity index (χ0v) is 13.3. The highest BCUT2D eigenvalue weighted by Gasteiger charge is 2.26. The van der Waals surface area contributed by atoms with Crippen molar-refractivity contribution in [3.8, 4) is 0 Å². The molecule has 19 heavy (non-hydrogen) atoms. The van der Waals surface area contributed by atoms with Gasteiger partial charge in [-0.05, 0) is 70.9 Å². The maximum absolute atomic E-state index is 3.57. The number of piperidine rings is 1. The number of hydrogen-bond donors (Lipinski definition) is 1. The van der Waals surface area contributed by atoms with Gasteiger partial charge in [0, 0.05) is 18.6 Å². The number of hydrogen-bond acceptors (Lipinski definition) is 2. The maximum Gasteiger partial charge on any atom is 0.00981 e. The predicted molar refractivity (Wildman–Crippen MR) is 83.5 cm³/mol. The van der Waals surface area contributed by atoms with Gasteiger partial charge in [-0.15, -0.1) is 0 Å². The zero-order valence-electron chi connectivity index (χ0n) is 13.3. The average molecular weight is 266 g/mol. The second-order valence-corrected chi connectivity index (χ2v) is 7.27. The molecule has 0 amide bonds. The molecule has 2 aliphatic rings. The quantitative estimate of drug-likeness (QED) is 0.781. The summed E-state index contributed by atoms with van der Waals surface area (Å²) >= 11 is 0. The van der Waals surface area contributed by atoms with Gasteiger partial charge in [-0.2, -0.15) is 0 Å². The Morgan fingerprint density at radius 2 is 1.89 bits per heavy atom. The van der Waals surface area contributed by atoms with E-state index in [9.17, 15) is 0 Å². The molecule has 3 unspecified atom stereocenters. The molecule has 3 atom stereocenters. The van der Waals surface area contributed by atoms with Gasteiger partial charge in [0.05, 0.1) is 0 Å². The summed E-state index contributed by atoms with van der Waals surface area (Å²) in [6.07, 6.45) is 10.0. The van der Waals surface area contributed by atoms with E-state index in [4.69, 9.17) is 0 Å². The molecule has 0 radical (unpaired) electrons. The molecule has 2 rings (SSSR count). The molecule has 1 aliphatic heterocycles. The Hall–Kier alpha value is -0.0800. The molecule has 0 aromatic carbocycles. The highest BCUT2D eigenvalue weighted by Crippen LogP contribution is 2.28. The first kappa shape index (κ1) is 15.3. The maximum atomic E-state index is 3.57. The summed E-state index contributed by atoms with van der Waals surface area (Å²) in [5.41, 5.74) is 0. The fraction of sp³-hybridized carbons (Fsp3) is 1.00. The van der Waals surface area contributed by atoms with Gasteiger partial charge < -0.3 is 5.32 Å². The van der Waals surface area contributed by atoms with Crippen LogP contribution in [0.5, 0.6) is 0 Å². The normalized spacial score (nSPS) is 33.6. The van der Waals surface area contributed by atoms with Crippen LogP contribution in [0.15, 0.2) is 0 Å². The number of rotatable bonds is 4. The molecule has 0 spiro atoms. The molecule has 1 N–H and O–H groups in total. The molecule has 1 saturated heterocycles. The van der Waals surface area contributed by atoms with Gasteiger partial charge in [0.25, 0.3) is 0 Å². The topological polar surface area (TPSA) is 15.3 Å². The van der Waals surface area contributed by atoms with E-state index in [0.717, 1.165) is 17.9 Å². The summed E-state index contributed by atoms with van der Waals surface area (Å²) < 4.78 is 0. The van der Waals surface area contributed by atoms with Crippen LogP contribution in [0.4, 0.5) is 0 Å². The Bertz CT molecular complexity index is 246. The van der Waals surface area contributed by atoms with Gasteiger partial charge in [-0.25, -0.2) is 0 Å². The van der Waals surface area contributed by atoms with Crippen molar-refractivity contribution in [3.05, 3.63) is 0 Å². The summed E-state index contributed by atoms with van der Waals surface area (Å²) in [7, 11) is 0. The second kappa shape index (κ2) is 7.64. The minimum absolute atomic E-state index is 0.709. The van der Waals surface area contributed by atoms with Gasteiger partial charge in [0.2, 0.25) is 0 Å². The van der Waals surface area contributed by atoms with Gasteiger partial charge in [0.15, 0.2) is 0 Å². The molecule has 112 valence electrons. The van der Waals surface area contributed by atoms with Crippen LogP contribution >= 0.6 is 0 Å². The van der Waals surface area contributed by atoms with Crippen LogP contribution in [0.25, 0.3) is 0 Å². The van der Waals surface area contributed by atoms with E-state index >= 15 is 0 Å². The summed E-state index contributed by atoms with van der Waals surface area (Å²) in [6, 6.07) is 1.56. The van der Waals surface area contributed by atoms with Crippen LogP contribution in [-0.2, 0) is 0 Å². The fourth-order valence-corrected chi connectivity index (χ4v) is 3.96. The minimum atomic E-state index is 0.709. The Labute approximate surface area is 120 Å². The lowest BCUT2D eigenvalue weighted by Gasteiger charge is -2.38. The van der Waals surface area contributed by atoms with Crippen LogP contribution in [0.3, 0.4) is 0 Å². The average Bonchev–Trinajstić information content (AvgIpc) is 2.62. The lowest BCUT2D eigenvalue weighted by atomic mass is 9.96. The van der Waals surface area contributed by atoms with E-state index in [0.29, 0.717) is 6.04 Å². The molecule has 2 heteroatoms. The highest BCUT2D eigenvalue weighted by molar-refractivity contribution is 4.82. The van der Waals surface area contributed by atoms with Crippen molar-refractivity contribution in [1.29, 1.82) is 0 Å². The SMILES string of the molecule is CC1CCCC(N(CC2CCCNC2)C(C)C)CC1. The molecular weight excluding hydrogens is 232 g/mol. The lowest BCUT2D eigenvalue weighted by Crippen LogP contribution is -2.46. The summed E-state index contributed by atoms with van der Waals surface area (Å²) in [5, 5.41) is 3.57. The van der Waals surface area contributed by atoms with Crippen LogP contribution in [0.2, 0.25) is 0 Å². The van der Waals surface area contributed by atoms with Crippen molar-refractivity contribution in [3.63, 3.8) is 0 Å². The standard InChI is InChI=1S/C17H34N2/c1-14(2)19(13-16-7-5-11-18-12-16)17-8-4-6-15(3)9-10-17/h14-18H,4-13H2,1-3H3. The Balaban J connectivity index is 1.90. The number of nitrogens with one attached hydrogen (secondary N) is 1. The molecule has 0 bridgehead atoms. The molecule has 0 aromatic heterocycles. The zero-order chi connectivity index (χ0) is 13.7. The molecule has 2 fully saturated rings. The first-order chi connectivity index (χ1) is 9.16. The van der Waals surface area contributed by atoms with Crippen molar-refractivity contribution >= 4 is 0 Å². The summed E-state index contributed by atoms with van der Waals surface area (Å²) in [4.78, 5) is 2.83. The first-order valence-electron chi connectivity index (χ1n) is 8.63.